The second kappa shape index (κ2) is 4.42. The van der Waals surface area contributed by atoms with Crippen molar-refractivity contribution in [1.82, 2.24) is 0 Å². The summed E-state index contributed by atoms with van der Waals surface area (Å²) in [5.41, 5.74) is 3.43. The second-order valence-electron chi connectivity index (χ2n) is 7.80. The maximum atomic E-state index is 13.1. The zero-order chi connectivity index (χ0) is 14.0. The van der Waals surface area contributed by atoms with Gasteiger partial charge in [-0.3, -0.25) is 4.79 Å². The Balaban J connectivity index is 1.46. The van der Waals surface area contributed by atoms with Crippen molar-refractivity contribution in [1.29, 1.82) is 0 Å². The molecular weight excluding hydrogens is 260 g/mol. The molecule has 4 saturated carbocycles. The predicted molar refractivity (Wildman–Crippen MR) is 79.8 cm³/mol. The molecule has 0 amide bonds. The van der Waals surface area contributed by atoms with E-state index in [0.717, 1.165) is 17.4 Å². The number of hydrogen-bond acceptors (Lipinski definition) is 2. The number of benzene rings is 1. The number of ether oxygens (including phenoxy) is 1. The summed E-state index contributed by atoms with van der Waals surface area (Å²) in [6.07, 6.45) is 6.72. The molecule has 4 bridgehead atoms. The fourth-order valence-corrected chi connectivity index (χ4v) is 5.87. The Kier molecular flexibility index (Phi) is 2.61. The zero-order valence-corrected chi connectivity index (χ0v) is 12.4. The third kappa shape index (κ3) is 1.85. The number of rotatable bonds is 2. The molecule has 5 aliphatic rings. The number of Topliss-reactive ketones (excluding diaryl/α,β-unsaturated/α-hetero) is 1. The Morgan fingerprint density at radius 2 is 1.57 bits per heavy atom. The Morgan fingerprint density at radius 1 is 0.905 bits per heavy atom. The summed E-state index contributed by atoms with van der Waals surface area (Å²) in [5.74, 6) is 3.98. The summed E-state index contributed by atoms with van der Waals surface area (Å²) < 4.78 is 5.48. The molecule has 1 heterocycles. The van der Waals surface area contributed by atoms with Crippen molar-refractivity contribution in [3.63, 3.8) is 0 Å². The molecule has 6 rings (SSSR count). The van der Waals surface area contributed by atoms with Gasteiger partial charge in [0.15, 0.2) is 5.78 Å². The van der Waals surface area contributed by atoms with E-state index in [1.165, 1.54) is 43.2 Å². The van der Waals surface area contributed by atoms with Crippen LogP contribution < -0.4 is 0 Å². The zero-order valence-electron chi connectivity index (χ0n) is 12.4. The molecule has 1 aromatic carbocycles. The lowest BCUT2D eigenvalue weighted by molar-refractivity contribution is -0.0251. The van der Waals surface area contributed by atoms with Crippen LogP contribution in [0.25, 0.3) is 0 Å². The van der Waals surface area contributed by atoms with Gasteiger partial charge in [0.1, 0.15) is 0 Å². The van der Waals surface area contributed by atoms with Crippen LogP contribution in [0.5, 0.6) is 0 Å². The van der Waals surface area contributed by atoms with Crippen molar-refractivity contribution in [3.05, 3.63) is 34.9 Å². The number of carbonyl (C=O) groups excluding carboxylic acids is 1. The Labute approximate surface area is 125 Å². The van der Waals surface area contributed by atoms with E-state index in [-0.39, 0.29) is 0 Å². The van der Waals surface area contributed by atoms with E-state index in [4.69, 9.17) is 4.74 Å². The quantitative estimate of drug-likeness (QED) is 0.767. The highest BCUT2D eigenvalue weighted by Gasteiger charge is 2.50. The lowest BCUT2D eigenvalue weighted by atomic mass is 9.51. The van der Waals surface area contributed by atoms with Crippen LogP contribution in [0.2, 0.25) is 0 Å². The van der Waals surface area contributed by atoms with Crippen LogP contribution >= 0.6 is 0 Å². The van der Waals surface area contributed by atoms with E-state index >= 15 is 0 Å². The van der Waals surface area contributed by atoms with Gasteiger partial charge < -0.3 is 4.74 Å². The van der Waals surface area contributed by atoms with Crippen LogP contribution in [0.1, 0.15) is 53.6 Å². The maximum Gasteiger partial charge on any atom is 0.166 e. The molecule has 0 radical (unpaired) electrons. The van der Waals surface area contributed by atoms with Gasteiger partial charge in [0.05, 0.1) is 13.2 Å². The highest BCUT2D eigenvalue weighted by molar-refractivity contribution is 5.98. The molecule has 0 N–H and O–H groups in total. The summed E-state index contributed by atoms with van der Waals surface area (Å²) in [4.78, 5) is 13.1. The van der Waals surface area contributed by atoms with Gasteiger partial charge in [0, 0.05) is 11.5 Å². The molecule has 1 aliphatic heterocycles. The number of hydrogen-bond donors (Lipinski definition) is 0. The van der Waals surface area contributed by atoms with Gasteiger partial charge in [0.25, 0.3) is 0 Å². The summed E-state index contributed by atoms with van der Waals surface area (Å²) in [6.45, 7) is 1.39. The largest absolute Gasteiger partial charge is 0.372 e. The molecule has 0 atom stereocenters. The van der Waals surface area contributed by atoms with Crippen LogP contribution in [-0.2, 0) is 18.0 Å². The van der Waals surface area contributed by atoms with E-state index in [0.29, 0.717) is 36.8 Å². The van der Waals surface area contributed by atoms with E-state index in [9.17, 15) is 4.79 Å². The number of carbonyl (C=O) groups is 1. The van der Waals surface area contributed by atoms with Crippen molar-refractivity contribution in [3.8, 4) is 0 Å². The van der Waals surface area contributed by atoms with Crippen molar-refractivity contribution < 1.29 is 9.53 Å². The highest BCUT2D eigenvalue weighted by atomic mass is 16.5. The van der Waals surface area contributed by atoms with Gasteiger partial charge in [-0.25, -0.2) is 0 Å². The first-order valence-corrected chi connectivity index (χ1v) is 8.51. The maximum absolute atomic E-state index is 13.1. The minimum absolute atomic E-state index is 0.318. The molecule has 4 fully saturated rings. The predicted octanol–water partition coefficient (Wildman–Crippen LogP) is 3.97. The molecule has 110 valence electrons. The topological polar surface area (TPSA) is 26.3 Å². The second-order valence-corrected chi connectivity index (χ2v) is 7.80. The molecule has 2 nitrogen and oxygen atoms in total. The Morgan fingerprint density at radius 3 is 2.29 bits per heavy atom. The smallest absolute Gasteiger partial charge is 0.166 e. The van der Waals surface area contributed by atoms with Gasteiger partial charge in [-0.2, -0.15) is 0 Å². The van der Waals surface area contributed by atoms with E-state index in [2.05, 4.69) is 12.1 Å². The molecule has 21 heavy (non-hydrogen) atoms. The lowest BCUT2D eigenvalue weighted by Crippen LogP contribution is -2.48. The summed E-state index contributed by atoms with van der Waals surface area (Å²) >= 11 is 0. The van der Waals surface area contributed by atoms with Crippen molar-refractivity contribution in [2.45, 2.75) is 45.3 Å². The molecule has 4 aliphatic carbocycles. The van der Waals surface area contributed by atoms with Crippen molar-refractivity contribution in [2.75, 3.05) is 0 Å². The first-order chi connectivity index (χ1) is 10.3. The summed E-state index contributed by atoms with van der Waals surface area (Å²) in [6, 6.07) is 6.25. The average molecular weight is 282 g/mol. The first-order valence-electron chi connectivity index (χ1n) is 8.51. The molecular formula is C19H22O2. The van der Waals surface area contributed by atoms with E-state index in [1.54, 1.807) is 0 Å². The molecule has 0 unspecified atom stereocenters. The minimum atomic E-state index is 0.318. The third-order valence-corrected chi connectivity index (χ3v) is 6.54. The molecule has 0 aromatic heterocycles. The van der Waals surface area contributed by atoms with Gasteiger partial charge in [-0.05, 0) is 73.0 Å². The minimum Gasteiger partial charge on any atom is -0.372 e. The molecule has 0 spiro atoms. The third-order valence-electron chi connectivity index (χ3n) is 6.54. The lowest BCUT2D eigenvalue weighted by Gasteiger charge is -2.53. The van der Waals surface area contributed by atoms with Gasteiger partial charge in [0.2, 0.25) is 0 Å². The van der Waals surface area contributed by atoms with Crippen LogP contribution in [0.3, 0.4) is 0 Å². The normalized spacial score (nSPS) is 39.5. The van der Waals surface area contributed by atoms with Crippen molar-refractivity contribution in [2.24, 2.45) is 29.6 Å². The van der Waals surface area contributed by atoms with Gasteiger partial charge in [-0.1, -0.05) is 12.1 Å². The molecule has 1 aromatic rings. The number of fused-ring (bicyclic) bond motifs is 1. The van der Waals surface area contributed by atoms with Crippen LogP contribution in [0.4, 0.5) is 0 Å². The highest BCUT2D eigenvalue weighted by Crippen LogP contribution is 2.57. The monoisotopic (exact) mass is 282 g/mol. The van der Waals surface area contributed by atoms with Gasteiger partial charge >= 0.3 is 0 Å². The fourth-order valence-electron chi connectivity index (χ4n) is 5.87. The van der Waals surface area contributed by atoms with E-state index in [1.807, 2.05) is 6.07 Å². The first kappa shape index (κ1) is 12.4. The van der Waals surface area contributed by atoms with Crippen molar-refractivity contribution >= 4 is 5.78 Å². The Hall–Kier alpha value is -1.15. The Bertz CT molecular complexity index is 576. The fraction of sp³-hybridized carbons (Fsp3) is 0.632. The van der Waals surface area contributed by atoms with Crippen LogP contribution in [0, 0.1) is 29.6 Å². The standard InChI is InChI=1S/C19H22O2/c20-19(13-1-2-14-9-21-10-17(14)8-13)18-15-4-11-3-12(6-15)7-16(18)5-11/h1-2,8,11-12,15-16,18H,3-7,9-10H2. The van der Waals surface area contributed by atoms with Crippen LogP contribution in [0.15, 0.2) is 18.2 Å². The van der Waals surface area contributed by atoms with E-state index < -0.39 is 0 Å². The summed E-state index contributed by atoms with van der Waals surface area (Å²) in [7, 11) is 0. The SMILES string of the molecule is O=C(c1ccc2c(c1)COC2)C1C2CC3CC(C2)CC1C3. The average Bonchev–Trinajstić information content (AvgIpc) is 2.93. The molecule has 2 heteroatoms. The van der Waals surface area contributed by atoms with Gasteiger partial charge in [-0.15, -0.1) is 0 Å². The summed E-state index contributed by atoms with van der Waals surface area (Å²) in [5, 5.41) is 0. The number of ketones is 1. The van der Waals surface area contributed by atoms with Crippen LogP contribution in [-0.4, -0.2) is 5.78 Å². The molecule has 0 saturated heterocycles.